The molecule has 0 aliphatic rings. The van der Waals surface area contributed by atoms with E-state index in [1.54, 1.807) is 29.2 Å². The smallest absolute Gasteiger partial charge is 0.273 e. The normalized spacial score (nSPS) is 10.6. The minimum absolute atomic E-state index is 0.222. The molecule has 0 atom stereocenters. The molecule has 2 N–H and O–H groups in total. The van der Waals surface area contributed by atoms with Gasteiger partial charge in [0.15, 0.2) is 5.82 Å². The number of amides is 1. The molecule has 0 radical (unpaired) electrons. The molecule has 0 spiro atoms. The van der Waals surface area contributed by atoms with Gasteiger partial charge in [0.1, 0.15) is 5.69 Å². The lowest BCUT2D eigenvalue weighted by Gasteiger charge is -2.02. The summed E-state index contributed by atoms with van der Waals surface area (Å²) >= 11 is 3.30. The lowest BCUT2D eigenvalue weighted by Crippen LogP contribution is -2.13. The molecule has 0 bridgehead atoms. The largest absolute Gasteiger partial charge is 0.356 e. The van der Waals surface area contributed by atoms with Gasteiger partial charge in [-0.25, -0.2) is 0 Å². The van der Waals surface area contributed by atoms with E-state index in [-0.39, 0.29) is 5.91 Å². The van der Waals surface area contributed by atoms with Crippen LogP contribution in [0.25, 0.3) is 0 Å². The van der Waals surface area contributed by atoms with Gasteiger partial charge in [0.25, 0.3) is 5.91 Å². The van der Waals surface area contributed by atoms with E-state index in [1.165, 1.54) is 0 Å². The number of nitrogens with zero attached hydrogens (tertiary/aromatic N) is 3. The monoisotopic (exact) mass is 359 g/mol. The molecule has 0 saturated heterocycles. The number of aryl methyl sites for hydroxylation is 2. The van der Waals surface area contributed by atoms with Crippen molar-refractivity contribution in [2.75, 3.05) is 5.32 Å². The Kier molecular flexibility index (Phi) is 4.34. The summed E-state index contributed by atoms with van der Waals surface area (Å²) in [5, 5.41) is 7.08. The van der Waals surface area contributed by atoms with Crippen LogP contribution < -0.4 is 5.32 Å². The van der Waals surface area contributed by atoms with Crippen molar-refractivity contribution in [3.63, 3.8) is 0 Å². The summed E-state index contributed by atoms with van der Waals surface area (Å²) in [6, 6.07) is 9.33. The van der Waals surface area contributed by atoms with Crippen molar-refractivity contribution in [3.05, 3.63) is 64.8 Å². The Hall–Kier alpha value is -2.41. The number of aromatic amines is 1. The zero-order valence-electron chi connectivity index (χ0n) is 11.7. The Morgan fingerprint density at radius 2 is 2.27 bits per heavy atom. The molecule has 3 heterocycles. The highest BCUT2D eigenvalue weighted by Crippen LogP contribution is 2.12. The Balaban J connectivity index is 1.58. The van der Waals surface area contributed by atoms with Gasteiger partial charge < -0.3 is 10.3 Å². The number of pyridine rings is 1. The number of halogens is 1. The molecule has 6 nitrogen and oxygen atoms in total. The van der Waals surface area contributed by atoms with E-state index in [9.17, 15) is 4.79 Å². The van der Waals surface area contributed by atoms with Gasteiger partial charge in [0.05, 0.1) is 0 Å². The van der Waals surface area contributed by atoms with Crippen LogP contribution in [0, 0.1) is 0 Å². The van der Waals surface area contributed by atoms with Crippen LogP contribution in [0.3, 0.4) is 0 Å². The molecule has 3 aromatic heterocycles. The number of carbonyl (C=O) groups excluding carboxylic acids is 1. The molecule has 0 aliphatic heterocycles. The second-order valence-corrected chi connectivity index (χ2v) is 5.64. The number of anilines is 1. The van der Waals surface area contributed by atoms with E-state index in [4.69, 9.17) is 0 Å². The van der Waals surface area contributed by atoms with Gasteiger partial charge in [-0.1, -0.05) is 6.07 Å². The third kappa shape index (κ3) is 3.62. The Bertz CT molecular complexity index is 765. The summed E-state index contributed by atoms with van der Waals surface area (Å²) in [5.74, 6) is 0.303. The maximum Gasteiger partial charge on any atom is 0.273 e. The first-order valence-electron chi connectivity index (χ1n) is 6.79. The maximum absolute atomic E-state index is 12.0. The predicted octanol–water partition coefficient (Wildman–Crippen LogP) is 2.86. The SMILES string of the molecule is O=C(Nc1ccn(CCc2ccccn2)n1)c1cc(Br)c[nH]1. The van der Waals surface area contributed by atoms with Crippen LogP contribution in [0.4, 0.5) is 5.82 Å². The van der Waals surface area contributed by atoms with Crippen LogP contribution in [0.5, 0.6) is 0 Å². The van der Waals surface area contributed by atoms with E-state index in [0.29, 0.717) is 18.1 Å². The molecular weight excluding hydrogens is 346 g/mol. The fourth-order valence-corrected chi connectivity index (χ4v) is 2.35. The van der Waals surface area contributed by atoms with Gasteiger partial charge in [0, 0.05) is 47.8 Å². The third-order valence-corrected chi connectivity index (χ3v) is 3.56. The van der Waals surface area contributed by atoms with Gasteiger partial charge in [-0.15, -0.1) is 0 Å². The van der Waals surface area contributed by atoms with E-state index < -0.39 is 0 Å². The number of hydrogen-bond acceptors (Lipinski definition) is 3. The second-order valence-electron chi connectivity index (χ2n) is 4.72. The first kappa shape index (κ1) is 14.5. The number of nitrogens with one attached hydrogen (secondary N) is 2. The molecule has 112 valence electrons. The van der Waals surface area contributed by atoms with Crippen LogP contribution in [-0.2, 0) is 13.0 Å². The molecule has 3 aromatic rings. The minimum Gasteiger partial charge on any atom is -0.356 e. The second kappa shape index (κ2) is 6.57. The van der Waals surface area contributed by atoms with Gasteiger partial charge >= 0.3 is 0 Å². The molecular formula is C15H14BrN5O. The van der Waals surface area contributed by atoms with Gasteiger partial charge in [0.2, 0.25) is 0 Å². The highest BCUT2D eigenvalue weighted by atomic mass is 79.9. The van der Waals surface area contributed by atoms with Crippen molar-refractivity contribution in [1.82, 2.24) is 19.7 Å². The van der Waals surface area contributed by atoms with E-state index in [1.807, 2.05) is 24.4 Å². The van der Waals surface area contributed by atoms with Gasteiger partial charge in [-0.3, -0.25) is 14.5 Å². The van der Waals surface area contributed by atoms with Crippen LogP contribution in [0.1, 0.15) is 16.2 Å². The summed E-state index contributed by atoms with van der Waals surface area (Å²) in [5.41, 5.74) is 1.50. The molecule has 1 amide bonds. The van der Waals surface area contributed by atoms with Crippen molar-refractivity contribution >= 4 is 27.7 Å². The van der Waals surface area contributed by atoms with Crippen molar-refractivity contribution in [1.29, 1.82) is 0 Å². The molecule has 0 fully saturated rings. The zero-order valence-corrected chi connectivity index (χ0v) is 13.2. The summed E-state index contributed by atoms with van der Waals surface area (Å²) in [7, 11) is 0. The first-order chi connectivity index (χ1) is 10.7. The predicted molar refractivity (Wildman–Crippen MR) is 86.6 cm³/mol. The fraction of sp³-hybridized carbons (Fsp3) is 0.133. The first-order valence-corrected chi connectivity index (χ1v) is 7.58. The van der Waals surface area contributed by atoms with Crippen molar-refractivity contribution in [3.8, 4) is 0 Å². The quantitative estimate of drug-likeness (QED) is 0.735. The average molecular weight is 360 g/mol. The molecule has 0 aromatic carbocycles. The topological polar surface area (TPSA) is 75.6 Å². The van der Waals surface area contributed by atoms with Crippen molar-refractivity contribution in [2.45, 2.75) is 13.0 Å². The Labute approximate surface area is 135 Å². The van der Waals surface area contributed by atoms with Crippen molar-refractivity contribution in [2.24, 2.45) is 0 Å². The summed E-state index contributed by atoms with van der Waals surface area (Å²) in [4.78, 5) is 19.1. The summed E-state index contributed by atoms with van der Waals surface area (Å²) < 4.78 is 2.62. The van der Waals surface area contributed by atoms with Crippen LogP contribution >= 0.6 is 15.9 Å². The number of H-pyrrole nitrogens is 1. The molecule has 0 unspecified atom stereocenters. The average Bonchev–Trinajstić information content (AvgIpc) is 3.15. The summed E-state index contributed by atoms with van der Waals surface area (Å²) in [6.45, 7) is 0.709. The van der Waals surface area contributed by atoms with Crippen LogP contribution in [0.15, 0.2) is 53.4 Å². The van der Waals surface area contributed by atoms with Crippen LogP contribution in [-0.4, -0.2) is 25.7 Å². The number of aromatic nitrogens is 4. The molecule has 22 heavy (non-hydrogen) atoms. The molecule has 0 saturated carbocycles. The van der Waals surface area contributed by atoms with E-state index in [2.05, 4.69) is 36.3 Å². The maximum atomic E-state index is 12.0. The minimum atomic E-state index is -0.222. The Morgan fingerprint density at radius 1 is 1.36 bits per heavy atom. The fourth-order valence-electron chi connectivity index (χ4n) is 2.01. The van der Waals surface area contributed by atoms with E-state index in [0.717, 1.165) is 16.6 Å². The van der Waals surface area contributed by atoms with Gasteiger partial charge in [-0.2, -0.15) is 5.10 Å². The number of rotatable bonds is 5. The van der Waals surface area contributed by atoms with Crippen LogP contribution in [0.2, 0.25) is 0 Å². The molecule has 3 rings (SSSR count). The molecule has 7 heteroatoms. The van der Waals surface area contributed by atoms with Crippen molar-refractivity contribution < 1.29 is 4.79 Å². The standard InChI is InChI=1S/C15H14BrN5O/c16-11-9-13(18-10-11)15(22)19-14-5-8-21(20-14)7-4-12-3-1-2-6-17-12/h1-3,5-6,8-10,18H,4,7H2,(H,19,20,22). The lowest BCUT2D eigenvalue weighted by atomic mass is 10.3. The molecule has 0 aliphatic carbocycles. The van der Waals surface area contributed by atoms with Gasteiger partial charge in [-0.05, 0) is 34.1 Å². The lowest BCUT2D eigenvalue weighted by molar-refractivity contribution is 0.102. The zero-order chi connectivity index (χ0) is 15.4. The Morgan fingerprint density at radius 3 is 3.00 bits per heavy atom. The third-order valence-electron chi connectivity index (χ3n) is 3.10. The number of carbonyl (C=O) groups is 1. The number of hydrogen-bond donors (Lipinski definition) is 2. The van der Waals surface area contributed by atoms with E-state index >= 15 is 0 Å². The highest BCUT2D eigenvalue weighted by molar-refractivity contribution is 9.10. The highest BCUT2D eigenvalue weighted by Gasteiger charge is 2.09. The summed E-state index contributed by atoms with van der Waals surface area (Å²) in [6.07, 6.45) is 6.11.